The molecule has 0 saturated carbocycles. The molecule has 1 aromatic rings. The van der Waals surface area contributed by atoms with Gasteiger partial charge in [-0.3, -0.25) is 14.9 Å². The minimum atomic E-state index is -0.469. The first-order valence-electron chi connectivity index (χ1n) is 7.21. The largest absolute Gasteiger partial charge is 0.334 e. The molecular formula is C15H22ClN3O3. The van der Waals surface area contributed by atoms with Crippen molar-refractivity contribution in [1.82, 2.24) is 4.90 Å². The highest BCUT2D eigenvalue weighted by Gasteiger charge is 2.31. The van der Waals surface area contributed by atoms with Crippen LogP contribution >= 0.6 is 12.4 Å². The average Bonchev–Trinajstić information content (AvgIpc) is 2.45. The highest BCUT2D eigenvalue weighted by Crippen LogP contribution is 2.26. The molecule has 122 valence electrons. The van der Waals surface area contributed by atoms with E-state index in [2.05, 4.69) is 6.92 Å². The molecule has 6 nitrogen and oxygen atoms in total. The van der Waals surface area contributed by atoms with Gasteiger partial charge in [-0.25, -0.2) is 0 Å². The number of nitro benzene ring substituents is 1. The van der Waals surface area contributed by atoms with Crippen molar-refractivity contribution in [3.8, 4) is 0 Å². The Morgan fingerprint density at radius 3 is 2.73 bits per heavy atom. The van der Waals surface area contributed by atoms with Crippen LogP contribution < -0.4 is 5.73 Å². The van der Waals surface area contributed by atoms with Crippen molar-refractivity contribution in [1.29, 1.82) is 0 Å². The van der Waals surface area contributed by atoms with Crippen molar-refractivity contribution < 1.29 is 9.72 Å². The van der Waals surface area contributed by atoms with Gasteiger partial charge in [0.05, 0.1) is 4.92 Å². The summed E-state index contributed by atoms with van der Waals surface area (Å²) in [6.07, 6.45) is 2.00. The molecule has 2 atom stereocenters. The first-order chi connectivity index (χ1) is 9.93. The summed E-state index contributed by atoms with van der Waals surface area (Å²) in [4.78, 5) is 24.9. The van der Waals surface area contributed by atoms with Gasteiger partial charge in [0, 0.05) is 36.8 Å². The molecule has 2 rings (SSSR count). The van der Waals surface area contributed by atoms with E-state index in [1.54, 1.807) is 17.9 Å². The molecule has 22 heavy (non-hydrogen) atoms. The molecular weight excluding hydrogens is 306 g/mol. The van der Waals surface area contributed by atoms with E-state index in [9.17, 15) is 14.9 Å². The molecule has 0 aliphatic carbocycles. The van der Waals surface area contributed by atoms with Crippen molar-refractivity contribution in [2.24, 2.45) is 11.7 Å². The van der Waals surface area contributed by atoms with Gasteiger partial charge >= 0.3 is 0 Å². The molecule has 2 N–H and O–H groups in total. The number of nitrogens with two attached hydrogens (primary N) is 1. The molecule has 1 aliphatic rings. The number of nitrogens with zero attached hydrogens (tertiary/aromatic N) is 2. The summed E-state index contributed by atoms with van der Waals surface area (Å²) in [5.41, 5.74) is 6.84. The fourth-order valence-corrected chi connectivity index (χ4v) is 3.02. The Bertz CT molecular complexity index is 565. The molecule has 1 saturated heterocycles. The summed E-state index contributed by atoms with van der Waals surface area (Å²) in [6, 6.07) is 4.52. The molecule has 0 bridgehead atoms. The number of likely N-dealkylation sites (tertiary alicyclic amines) is 1. The van der Waals surface area contributed by atoms with Crippen molar-refractivity contribution in [2.75, 3.05) is 13.1 Å². The highest BCUT2D eigenvalue weighted by molar-refractivity contribution is 5.95. The van der Waals surface area contributed by atoms with Gasteiger partial charge in [-0.1, -0.05) is 6.92 Å². The van der Waals surface area contributed by atoms with Gasteiger partial charge in [0.1, 0.15) is 0 Å². The van der Waals surface area contributed by atoms with Gasteiger partial charge < -0.3 is 10.6 Å². The zero-order valence-corrected chi connectivity index (χ0v) is 13.6. The summed E-state index contributed by atoms with van der Waals surface area (Å²) >= 11 is 0. The monoisotopic (exact) mass is 327 g/mol. The predicted octanol–water partition coefficient (Wildman–Crippen LogP) is 2.52. The predicted molar refractivity (Wildman–Crippen MR) is 87.4 cm³/mol. The van der Waals surface area contributed by atoms with E-state index < -0.39 is 4.92 Å². The summed E-state index contributed by atoms with van der Waals surface area (Å²) < 4.78 is 0. The molecule has 7 heteroatoms. The SMILES string of the molecule is Cc1cc(C(=O)N2CCCC(C)C2CN)cc([N+](=O)[O-])c1.Cl. The smallest absolute Gasteiger partial charge is 0.270 e. The number of non-ortho nitro benzene ring substituents is 1. The van der Waals surface area contributed by atoms with Crippen LogP contribution in [0.25, 0.3) is 0 Å². The molecule has 1 aliphatic heterocycles. The first kappa shape index (κ1) is 18.4. The van der Waals surface area contributed by atoms with Crippen LogP contribution in [0.1, 0.15) is 35.7 Å². The van der Waals surface area contributed by atoms with E-state index in [1.807, 2.05) is 0 Å². The third kappa shape index (κ3) is 3.75. The van der Waals surface area contributed by atoms with Crippen LogP contribution in [-0.4, -0.2) is 34.9 Å². The first-order valence-corrected chi connectivity index (χ1v) is 7.21. The number of rotatable bonds is 3. The van der Waals surface area contributed by atoms with E-state index in [4.69, 9.17) is 5.73 Å². The van der Waals surface area contributed by atoms with Gasteiger partial charge in [0.15, 0.2) is 0 Å². The zero-order valence-electron chi connectivity index (χ0n) is 12.8. The molecule has 1 fully saturated rings. The summed E-state index contributed by atoms with van der Waals surface area (Å²) in [5, 5.41) is 10.9. The normalized spacial score (nSPS) is 21.1. The Balaban J connectivity index is 0.00000242. The average molecular weight is 328 g/mol. The van der Waals surface area contributed by atoms with Crippen molar-refractivity contribution in [3.05, 3.63) is 39.4 Å². The van der Waals surface area contributed by atoms with Crippen molar-refractivity contribution in [3.63, 3.8) is 0 Å². The number of hydrogen-bond acceptors (Lipinski definition) is 4. The van der Waals surface area contributed by atoms with Crippen LogP contribution in [0.3, 0.4) is 0 Å². The molecule has 0 spiro atoms. The lowest BCUT2D eigenvalue weighted by Gasteiger charge is -2.39. The van der Waals surface area contributed by atoms with Gasteiger partial charge in [-0.2, -0.15) is 0 Å². The lowest BCUT2D eigenvalue weighted by atomic mass is 9.90. The van der Waals surface area contributed by atoms with E-state index in [-0.39, 0.29) is 30.0 Å². The number of nitro groups is 1. The minimum Gasteiger partial charge on any atom is -0.334 e. The van der Waals surface area contributed by atoms with Crippen LogP contribution in [0.2, 0.25) is 0 Å². The van der Waals surface area contributed by atoms with Crippen molar-refractivity contribution in [2.45, 2.75) is 32.7 Å². The Kier molecular flexibility index (Phi) is 6.32. The van der Waals surface area contributed by atoms with Crippen LogP contribution in [0.15, 0.2) is 18.2 Å². The van der Waals surface area contributed by atoms with Crippen LogP contribution in [0, 0.1) is 23.0 Å². The van der Waals surface area contributed by atoms with E-state index in [1.165, 1.54) is 12.1 Å². The lowest BCUT2D eigenvalue weighted by Crippen LogP contribution is -2.51. The minimum absolute atomic E-state index is 0. The van der Waals surface area contributed by atoms with Crippen molar-refractivity contribution >= 4 is 24.0 Å². The summed E-state index contributed by atoms with van der Waals surface area (Å²) in [5.74, 6) is 0.191. The second kappa shape index (κ2) is 7.56. The van der Waals surface area contributed by atoms with Gasteiger partial charge in [-0.05, 0) is 37.3 Å². The summed E-state index contributed by atoms with van der Waals surface area (Å²) in [6.45, 7) is 4.92. The number of hydrogen-bond donors (Lipinski definition) is 1. The Morgan fingerprint density at radius 1 is 1.45 bits per heavy atom. The van der Waals surface area contributed by atoms with E-state index >= 15 is 0 Å². The number of amides is 1. The lowest BCUT2D eigenvalue weighted by molar-refractivity contribution is -0.384. The fraction of sp³-hybridized carbons (Fsp3) is 0.533. The maximum atomic E-state index is 12.7. The maximum Gasteiger partial charge on any atom is 0.270 e. The molecule has 1 amide bonds. The van der Waals surface area contributed by atoms with Crippen LogP contribution in [0.4, 0.5) is 5.69 Å². The highest BCUT2D eigenvalue weighted by atomic mass is 35.5. The number of carbonyl (C=O) groups excluding carboxylic acids is 1. The molecule has 1 aromatic carbocycles. The second-order valence-electron chi connectivity index (χ2n) is 5.74. The van der Waals surface area contributed by atoms with E-state index in [0.717, 1.165) is 12.8 Å². The quantitative estimate of drug-likeness (QED) is 0.682. The molecule has 0 aromatic heterocycles. The van der Waals surface area contributed by atoms with Gasteiger partial charge in [-0.15, -0.1) is 12.4 Å². The Morgan fingerprint density at radius 2 is 2.14 bits per heavy atom. The third-order valence-corrected chi connectivity index (χ3v) is 4.14. The third-order valence-electron chi connectivity index (χ3n) is 4.14. The topological polar surface area (TPSA) is 89.5 Å². The maximum absolute atomic E-state index is 12.7. The van der Waals surface area contributed by atoms with Crippen LogP contribution in [0.5, 0.6) is 0 Å². The molecule has 1 heterocycles. The Hall–Kier alpha value is -1.66. The second-order valence-corrected chi connectivity index (χ2v) is 5.74. The number of aryl methyl sites for hydroxylation is 1. The zero-order chi connectivity index (χ0) is 15.6. The number of halogens is 1. The Labute approximate surface area is 136 Å². The summed E-state index contributed by atoms with van der Waals surface area (Å²) in [7, 11) is 0. The van der Waals surface area contributed by atoms with Gasteiger partial charge in [0.2, 0.25) is 0 Å². The number of benzene rings is 1. The fourth-order valence-electron chi connectivity index (χ4n) is 3.02. The van der Waals surface area contributed by atoms with Gasteiger partial charge in [0.25, 0.3) is 11.6 Å². The number of carbonyl (C=O) groups is 1. The number of piperidine rings is 1. The standard InChI is InChI=1S/C15H21N3O3.ClH/c1-10-6-12(8-13(7-10)18(20)21)15(19)17-5-3-4-11(2)14(17)9-16;/h6-8,11,14H,3-5,9,16H2,1-2H3;1H. The van der Waals surface area contributed by atoms with Crippen LogP contribution in [-0.2, 0) is 0 Å². The molecule has 2 unspecified atom stereocenters. The van der Waals surface area contributed by atoms with E-state index in [0.29, 0.717) is 30.1 Å². The molecule has 0 radical (unpaired) electrons.